The van der Waals surface area contributed by atoms with Crippen LogP contribution in [0.25, 0.3) is 0 Å². The molecule has 1 N–H and O–H groups in total. The Labute approximate surface area is 151 Å². The summed E-state index contributed by atoms with van der Waals surface area (Å²) in [5, 5.41) is 2.73. The molecule has 1 fully saturated rings. The van der Waals surface area contributed by atoms with E-state index >= 15 is 0 Å². The van der Waals surface area contributed by atoms with Gasteiger partial charge in [0.15, 0.2) is 6.61 Å². The summed E-state index contributed by atoms with van der Waals surface area (Å²) in [4.78, 5) is 50.7. The molecule has 0 radical (unpaired) electrons. The van der Waals surface area contributed by atoms with E-state index in [1.54, 1.807) is 31.2 Å². The molecule has 1 heterocycles. The van der Waals surface area contributed by atoms with Crippen LogP contribution in [0.15, 0.2) is 24.3 Å². The predicted octanol–water partition coefficient (Wildman–Crippen LogP) is 1.52. The van der Waals surface area contributed by atoms with Gasteiger partial charge in [0.25, 0.3) is 17.7 Å². The number of carbonyl (C=O) groups excluding carboxylic acids is 4. The number of amides is 3. The molecule has 2 atom stereocenters. The number of hydrogen-bond acceptors (Lipinski definition) is 5. The average Bonchev–Trinajstić information content (AvgIpc) is 3.42. The molecule has 0 spiro atoms. The zero-order valence-corrected chi connectivity index (χ0v) is 14.9. The number of nitrogens with one attached hydrogen (secondary N) is 1. The lowest BCUT2D eigenvalue weighted by Gasteiger charge is -2.28. The Morgan fingerprint density at radius 2 is 1.77 bits per heavy atom. The van der Waals surface area contributed by atoms with Crippen LogP contribution in [0.3, 0.4) is 0 Å². The molecule has 2 aliphatic rings. The first kappa shape index (κ1) is 18.1. The van der Waals surface area contributed by atoms with Gasteiger partial charge in [-0.1, -0.05) is 32.4 Å². The summed E-state index contributed by atoms with van der Waals surface area (Å²) in [7, 11) is 0. The quantitative estimate of drug-likeness (QED) is 0.589. The van der Waals surface area contributed by atoms with Crippen molar-refractivity contribution in [2.24, 2.45) is 5.92 Å². The number of hydrogen-bond donors (Lipinski definition) is 1. The Kier molecular flexibility index (Phi) is 5.06. The molecule has 0 unspecified atom stereocenters. The Morgan fingerprint density at radius 3 is 2.27 bits per heavy atom. The van der Waals surface area contributed by atoms with E-state index in [4.69, 9.17) is 4.74 Å². The molecule has 1 aromatic carbocycles. The van der Waals surface area contributed by atoms with Crippen molar-refractivity contribution in [3.8, 4) is 0 Å². The van der Waals surface area contributed by atoms with Gasteiger partial charge >= 0.3 is 5.97 Å². The van der Waals surface area contributed by atoms with Crippen LogP contribution in [0.1, 0.15) is 53.8 Å². The van der Waals surface area contributed by atoms with E-state index < -0.39 is 30.4 Å². The number of ether oxygens (including phenoxy) is 1. The summed E-state index contributed by atoms with van der Waals surface area (Å²) in [6, 6.07) is 5.59. The van der Waals surface area contributed by atoms with Crippen LogP contribution in [0.4, 0.5) is 0 Å². The molecular formula is C19H22N2O5. The van der Waals surface area contributed by atoms with Crippen molar-refractivity contribution >= 4 is 23.7 Å². The smallest absolute Gasteiger partial charge is 0.330 e. The van der Waals surface area contributed by atoms with Crippen molar-refractivity contribution in [1.29, 1.82) is 0 Å². The van der Waals surface area contributed by atoms with Crippen LogP contribution in [0.5, 0.6) is 0 Å². The van der Waals surface area contributed by atoms with Crippen LogP contribution in [0.2, 0.25) is 0 Å². The number of fused-ring (bicyclic) bond motifs is 1. The molecular weight excluding hydrogens is 336 g/mol. The van der Waals surface area contributed by atoms with Gasteiger partial charge in [-0.3, -0.25) is 19.3 Å². The Balaban J connectivity index is 1.75. The van der Waals surface area contributed by atoms with E-state index in [0.29, 0.717) is 6.42 Å². The van der Waals surface area contributed by atoms with E-state index in [2.05, 4.69) is 5.32 Å². The van der Waals surface area contributed by atoms with Crippen molar-refractivity contribution in [2.45, 2.75) is 45.2 Å². The molecule has 1 aliphatic carbocycles. The Morgan fingerprint density at radius 1 is 1.19 bits per heavy atom. The van der Waals surface area contributed by atoms with Crippen molar-refractivity contribution < 1.29 is 23.9 Å². The first-order valence-corrected chi connectivity index (χ1v) is 8.87. The Bertz CT molecular complexity index is 721. The summed E-state index contributed by atoms with van der Waals surface area (Å²) in [5.74, 6) is -2.41. The number of benzene rings is 1. The normalized spacial score (nSPS) is 18.3. The van der Waals surface area contributed by atoms with Crippen molar-refractivity contribution in [2.75, 3.05) is 6.61 Å². The highest BCUT2D eigenvalue weighted by atomic mass is 16.5. The second-order valence-corrected chi connectivity index (χ2v) is 6.81. The van der Waals surface area contributed by atoms with Gasteiger partial charge in [0.05, 0.1) is 11.1 Å². The fraction of sp³-hybridized carbons (Fsp3) is 0.474. The topological polar surface area (TPSA) is 92.8 Å². The molecule has 1 saturated carbocycles. The SMILES string of the molecule is CC[C@H](C)[C@@H](C(=O)OCC(=O)NC1CC1)N1C(=O)c2ccccc2C1=O. The molecule has 138 valence electrons. The van der Waals surface area contributed by atoms with Gasteiger partial charge in [-0.2, -0.15) is 0 Å². The van der Waals surface area contributed by atoms with E-state index in [-0.39, 0.29) is 29.0 Å². The number of esters is 1. The van der Waals surface area contributed by atoms with Gasteiger partial charge in [-0.05, 0) is 30.9 Å². The molecule has 1 aromatic rings. The average molecular weight is 358 g/mol. The molecule has 0 aromatic heterocycles. The molecule has 7 nitrogen and oxygen atoms in total. The van der Waals surface area contributed by atoms with E-state index in [1.807, 2.05) is 6.92 Å². The second-order valence-electron chi connectivity index (χ2n) is 6.81. The number of imide groups is 1. The molecule has 0 bridgehead atoms. The number of carbonyl (C=O) groups is 4. The fourth-order valence-corrected chi connectivity index (χ4v) is 3.00. The lowest BCUT2D eigenvalue weighted by molar-refractivity contribution is -0.154. The summed E-state index contributed by atoms with van der Waals surface area (Å²) in [6.07, 6.45) is 2.44. The first-order valence-electron chi connectivity index (χ1n) is 8.87. The minimum absolute atomic E-state index is 0.169. The van der Waals surface area contributed by atoms with Crippen LogP contribution in [-0.4, -0.2) is 47.3 Å². The third-order valence-electron chi connectivity index (χ3n) is 4.82. The van der Waals surface area contributed by atoms with E-state index in [1.165, 1.54) is 0 Å². The zero-order chi connectivity index (χ0) is 18.8. The lowest BCUT2D eigenvalue weighted by atomic mass is 9.97. The van der Waals surface area contributed by atoms with Crippen LogP contribution >= 0.6 is 0 Å². The summed E-state index contributed by atoms with van der Waals surface area (Å²) < 4.78 is 5.13. The van der Waals surface area contributed by atoms with Gasteiger partial charge in [0, 0.05) is 6.04 Å². The standard InChI is InChI=1S/C19H22N2O5/c1-3-11(2)16(19(25)26-10-15(22)20-12-8-9-12)21-17(23)13-6-4-5-7-14(13)18(21)24/h4-7,11-12,16H,3,8-10H2,1-2H3,(H,20,22)/t11-,16-/m0/s1. The summed E-state index contributed by atoms with van der Waals surface area (Å²) in [5.41, 5.74) is 0.565. The summed E-state index contributed by atoms with van der Waals surface area (Å²) in [6.45, 7) is 3.23. The highest BCUT2D eigenvalue weighted by Gasteiger charge is 2.45. The number of nitrogens with zero attached hydrogens (tertiary/aromatic N) is 1. The fourth-order valence-electron chi connectivity index (χ4n) is 3.00. The maximum atomic E-state index is 12.7. The molecule has 3 rings (SSSR count). The third kappa shape index (κ3) is 3.47. The molecule has 7 heteroatoms. The van der Waals surface area contributed by atoms with Gasteiger partial charge in [0.2, 0.25) is 0 Å². The Hall–Kier alpha value is -2.70. The van der Waals surface area contributed by atoms with E-state index in [9.17, 15) is 19.2 Å². The van der Waals surface area contributed by atoms with Crippen molar-refractivity contribution in [1.82, 2.24) is 10.2 Å². The highest BCUT2D eigenvalue weighted by Crippen LogP contribution is 2.28. The molecule has 0 saturated heterocycles. The summed E-state index contributed by atoms with van der Waals surface area (Å²) >= 11 is 0. The second kappa shape index (κ2) is 7.27. The minimum atomic E-state index is -1.05. The first-order chi connectivity index (χ1) is 12.4. The largest absolute Gasteiger partial charge is 0.454 e. The van der Waals surface area contributed by atoms with E-state index in [0.717, 1.165) is 17.7 Å². The molecule has 3 amide bonds. The van der Waals surface area contributed by atoms with Gasteiger partial charge in [-0.25, -0.2) is 4.79 Å². The van der Waals surface area contributed by atoms with Gasteiger partial charge in [0.1, 0.15) is 6.04 Å². The number of rotatable bonds is 7. The molecule has 1 aliphatic heterocycles. The zero-order valence-electron chi connectivity index (χ0n) is 14.9. The maximum absolute atomic E-state index is 12.7. The van der Waals surface area contributed by atoms with Crippen LogP contribution < -0.4 is 5.32 Å². The maximum Gasteiger partial charge on any atom is 0.330 e. The van der Waals surface area contributed by atoms with Crippen LogP contribution in [-0.2, 0) is 14.3 Å². The van der Waals surface area contributed by atoms with Crippen molar-refractivity contribution in [3.05, 3.63) is 35.4 Å². The van der Waals surface area contributed by atoms with Crippen molar-refractivity contribution in [3.63, 3.8) is 0 Å². The molecule has 26 heavy (non-hydrogen) atoms. The predicted molar refractivity (Wildman–Crippen MR) is 92.3 cm³/mol. The van der Waals surface area contributed by atoms with Gasteiger partial charge < -0.3 is 10.1 Å². The monoisotopic (exact) mass is 358 g/mol. The third-order valence-corrected chi connectivity index (χ3v) is 4.82. The van der Waals surface area contributed by atoms with Gasteiger partial charge in [-0.15, -0.1) is 0 Å². The van der Waals surface area contributed by atoms with Crippen LogP contribution in [0, 0.1) is 5.92 Å². The lowest BCUT2D eigenvalue weighted by Crippen LogP contribution is -2.49. The highest BCUT2D eigenvalue weighted by molar-refractivity contribution is 6.22. The minimum Gasteiger partial charge on any atom is -0.454 e.